The quantitative estimate of drug-likeness (QED) is 0.197. The summed E-state index contributed by atoms with van der Waals surface area (Å²) >= 11 is 5.87. The van der Waals surface area contributed by atoms with E-state index in [1.807, 2.05) is 12.1 Å². The van der Waals surface area contributed by atoms with E-state index in [0.717, 1.165) is 69.9 Å². The molecule has 3 aromatic rings. The maximum atomic E-state index is 15.0. The van der Waals surface area contributed by atoms with Crippen molar-refractivity contribution in [2.75, 3.05) is 73.6 Å². The number of amides is 1. The van der Waals surface area contributed by atoms with Crippen molar-refractivity contribution in [2.24, 2.45) is 0 Å². The third kappa shape index (κ3) is 7.16. The van der Waals surface area contributed by atoms with Gasteiger partial charge in [-0.05, 0) is 43.9 Å². The van der Waals surface area contributed by atoms with Gasteiger partial charge >= 0.3 is 0 Å². The summed E-state index contributed by atoms with van der Waals surface area (Å²) in [7, 11) is 1.59. The van der Waals surface area contributed by atoms with E-state index in [2.05, 4.69) is 41.9 Å². The van der Waals surface area contributed by atoms with Gasteiger partial charge in [-0.15, -0.1) is 0 Å². The summed E-state index contributed by atoms with van der Waals surface area (Å²) < 4.78 is 34.7. The van der Waals surface area contributed by atoms with Crippen LogP contribution in [0.5, 0.6) is 5.75 Å². The van der Waals surface area contributed by atoms with E-state index in [9.17, 15) is 13.6 Å². The molecular formula is C35H41ClF2N8O3. The van der Waals surface area contributed by atoms with Crippen LogP contribution in [0, 0.1) is 11.6 Å². The standard InChI is InChI=1S/C35H41ClF2N8O3/c1-3-33(47)42-26-18-27(30(48-2)19-29(26)45-11-8-23(9-12-45)44-15-13-43(14-16-44)22-4-5-22)41-31-20-32(40-21-39-31)46-28(10-17-49-46)24-6-7-25(37)34(36)35(24)38/h3,6-7,18-23,28H,1,4-5,8-17H2,2H3,(H,42,47)(H,39,40,41)/t28-/m1/s1. The molecule has 4 aliphatic rings. The molecule has 3 saturated heterocycles. The average Bonchev–Trinajstić information content (AvgIpc) is 3.87. The Morgan fingerprint density at radius 2 is 1.69 bits per heavy atom. The molecule has 1 aliphatic carbocycles. The van der Waals surface area contributed by atoms with Crippen LogP contribution < -0.4 is 25.3 Å². The number of piperazine rings is 1. The van der Waals surface area contributed by atoms with Gasteiger partial charge in [0.25, 0.3) is 0 Å². The topological polar surface area (TPSA) is 98.3 Å². The van der Waals surface area contributed by atoms with Crippen LogP contribution in [0.15, 0.2) is 49.3 Å². The van der Waals surface area contributed by atoms with Crippen LogP contribution in [0.25, 0.3) is 0 Å². The molecule has 260 valence electrons. The Morgan fingerprint density at radius 3 is 2.37 bits per heavy atom. The fourth-order valence-corrected chi connectivity index (χ4v) is 7.38. The lowest BCUT2D eigenvalue weighted by Crippen LogP contribution is -2.53. The van der Waals surface area contributed by atoms with Crippen LogP contribution in [0.3, 0.4) is 0 Å². The first kappa shape index (κ1) is 33.5. The Bertz CT molecular complexity index is 1700. The van der Waals surface area contributed by atoms with Gasteiger partial charge in [0.1, 0.15) is 34.6 Å². The predicted octanol–water partition coefficient (Wildman–Crippen LogP) is 5.92. The number of methoxy groups -OCH3 is 1. The molecule has 3 aliphatic heterocycles. The number of aromatic nitrogens is 2. The number of nitrogens with zero attached hydrogens (tertiary/aromatic N) is 6. The third-order valence-electron chi connectivity index (χ3n) is 9.96. The van der Waals surface area contributed by atoms with Crippen molar-refractivity contribution < 1.29 is 23.1 Å². The van der Waals surface area contributed by atoms with Crippen molar-refractivity contribution in [1.29, 1.82) is 0 Å². The highest BCUT2D eigenvalue weighted by Crippen LogP contribution is 2.41. The molecule has 7 rings (SSSR count). The lowest BCUT2D eigenvalue weighted by atomic mass is 10.0. The molecule has 0 spiro atoms. The van der Waals surface area contributed by atoms with Crippen molar-refractivity contribution in [3.05, 3.63) is 71.5 Å². The molecule has 0 unspecified atom stereocenters. The molecule has 4 fully saturated rings. The van der Waals surface area contributed by atoms with Gasteiger partial charge in [0.05, 0.1) is 36.8 Å². The van der Waals surface area contributed by atoms with Gasteiger partial charge < -0.3 is 20.3 Å². The summed E-state index contributed by atoms with van der Waals surface area (Å²) in [4.78, 5) is 34.7. The number of hydrogen-bond acceptors (Lipinski definition) is 10. The molecule has 2 aromatic carbocycles. The number of hydroxylamine groups is 1. The fraction of sp³-hybridized carbons (Fsp3) is 0.457. The summed E-state index contributed by atoms with van der Waals surface area (Å²) in [5.41, 5.74) is 2.25. The average molecular weight is 695 g/mol. The fourth-order valence-electron chi connectivity index (χ4n) is 7.21. The van der Waals surface area contributed by atoms with Crippen LogP contribution >= 0.6 is 11.6 Å². The summed E-state index contributed by atoms with van der Waals surface area (Å²) in [6, 6.07) is 8.72. The molecule has 4 heterocycles. The molecule has 1 aromatic heterocycles. The van der Waals surface area contributed by atoms with E-state index in [-0.39, 0.29) is 11.5 Å². The maximum absolute atomic E-state index is 15.0. The van der Waals surface area contributed by atoms with Crippen LogP contribution in [0.1, 0.15) is 43.7 Å². The van der Waals surface area contributed by atoms with Crippen molar-refractivity contribution in [1.82, 2.24) is 19.8 Å². The van der Waals surface area contributed by atoms with Crippen LogP contribution in [-0.2, 0) is 9.63 Å². The van der Waals surface area contributed by atoms with Gasteiger partial charge in [-0.2, -0.15) is 0 Å². The number of ether oxygens (including phenoxy) is 1. The highest BCUT2D eigenvalue weighted by Gasteiger charge is 2.35. The van der Waals surface area contributed by atoms with Gasteiger partial charge in [-0.3, -0.25) is 19.4 Å². The summed E-state index contributed by atoms with van der Waals surface area (Å²) in [6.45, 7) is 10.2. The van der Waals surface area contributed by atoms with E-state index in [1.165, 1.54) is 36.4 Å². The van der Waals surface area contributed by atoms with Crippen molar-refractivity contribution >= 4 is 46.2 Å². The molecule has 2 N–H and O–H groups in total. The second kappa shape index (κ2) is 14.4. The van der Waals surface area contributed by atoms with E-state index < -0.39 is 22.7 Å². The highest BCUT2D eigenvalue weighted by molar-refractivity contribution is 6.31. The van der Waals surface area contributed by atoms with Crippen molar-refractivity contribution in [3.8, 4) is 5.75 Å². The first-order valence-electron chi connectivity index (χ1n) is 16.9. The second-order valence-corrected chi connectivity index (χ2v) is 13.3. The van der Waals surface area contributed by atoms with E-state index in [1.54, 1.807) is 13.2 Å². The largest absolute Gasteiger partial charge is 0.494 e. The highest BCUT2D eigenvalue weighted by atomic mass is 35.5. The monoisotopic (exact) mass is 694 g/mol. The summed E-state index contributed by atoms with van der Waals surface area (Å²) in [5, 5.41) is 7.19. The molecule has 11 nitrogen and oxygen atoms in total. The van der Waals surface area contributed by atoms with Gasteiger partial charge in [0.15, 0.2) is 5.82 Å². The van der Waals surface area contributed by atoms with E-state index >= 15 is 0 Å². The number of benzene rings is 2. The molecule has 1 amide bonds. The maximum Gasteiger partial charge on any atom is 0.247 e. The minimum absolute atomic E-state index is 0.206. The Morgan fingerprint density at radius 1 is 0.980 bits per heavy atom. The molecule has 1 saturated carbocycles. The van der Waals surface area contributed by atoms with Gasteiger partial charge in [0.2, 0.25) is 5.91 Å². The number of halogens is 3. The molecular weight excluding hydrogens is 654 g/mol. The minimum atomic E-state index is -0.829. The first-order valence-corrected chi connectivity index (χ1v) is 17.2. The summed E-state index contributed by atoms with van der Waals surface area (Å²) in [6.07, 6.45) is 7.84. The van der Waals surface area contributed by atoms with Gasteiger partial charge in [-0.1, -0.05) is 24.2 Å². The van der Waals surface area contributed by atoms with Crippen molar-refractivity contribution in [2.45, 2.75) is 50.2 Å². The Kier molecular flexibility index (Phi) is 9.86. The Labute approximate surface area is 289 Å². The Balaban J connectivity index is 1.09. The van der Waals surface area contributed by atoms with Crippen LogP contribution in [0.4, 0.5) is 37.5 Å². The van der Waals surface area contributed by atoms with Crippen molar-refractivity contribution in [3.63, 3.8) is 0 Å². The van der Waals surface area contributed by atoms with Gasteiger partial charge in [-0.25, -0.2) is 23.8 Å². The number of nitrogens with one attached hydrogen (secondary N) is 2. The zero-order chi connectivity index (χ0) is 34.1. The molecule has 14 heteroatoms. The number of hydrogen-bond donors (Lipinski definition) is 2. The predicted molar refractivity (Wildman–Crippen MR) is 186 cm³/mol. The zero-order valence-electron chi connectivity index (χ0n) is 27.5. The number of rotatable bonds is 10. The number of anilines is 5. The minimum Gasteiger partial charge on any atom is -0.494 e. The van der Waals surface area contributed by atoms with Gasteiger partial charge in [0, 0.05) is 75.5 Å². The van der Waals surface area contributed by atoms with E-state index in [4.69, 9.17) is 21.2 Å². The Hall–Kier alpha value is -4.04. The molecule has 49 heavy (non-hydrogen) atoms. The van der Waals surface area contributed by atoms with Crippen LogP contribution in [0.2, 0.25) is 5.02 Å². The summed E-state index contributed by atoms with van der Waals surface area (Å²) in [5.74, 6) is -0.644. The smallest absolute Gasteiger partial charge is 0.247 e. The second-order valence-electron chi connectivity index (χ2n) is 12.9. The third-order valence-corrected chi connectivity index (χ3v) is 10.3. The molecule has 0 bridgehead atoms. The number of piperidine rings is 1. The SMILES string of the molecule is C=CC(=O)Nc1cc(Nc2cc(N3OCC[C@@H]3c3ccc(F)c(Cl)c3F)ncn2)c(OC)cc1N1CCC(N2CCN(C3CC3)CC2)CC1. The first-order chi connectivity index (χ1) is 23.8. The van der Waals surface area contributed by atoms with Crippen LogP contribution in [-0.4, -0.2) is 90.7 Å². The molecule has 1 atom stereocenters. The molecule has 0 radical (unpaired) electrons. The zero-order valence-corrected chi connectivity index (χ0v) is 28.3. The lowest BCUT2D eigenvalue weighted by Gasteiger charge is -2.43. The normalized spacial score (nSPS) is 20.8. The van der Waals surface area contributed by atoms with E-state index in [0.29, 0.717) is 47.8 Å². The number of carbonyl (C=O) groups is 1. The number of carbonyl (C=O) groups excluding carboxylic acids is 1. The lowest BCUT2D eigenvalue weighted by molar-refractivity contribution is -0.111.